The maximum absolute atomic E-state index is 11.7. The molecule has 0 aliphatic rings. The van der Waals surface area contributed by atoms with Crippen LogP contribution in [0.1, 0.15) is 27.7 Å². The second-order valence-electron chi connectivity index (χ2n) is 5.40. The molecule has 3 N–H and O–H groups in total. The van der Waals surface area contributed by atoms with Crippen LogP contribution in [0.5, 0.6) is 0 Å². The van der Waals surface area contributed by atoms with Crippen LogP contribution in [0.4, 0.5) is 0 Å². The van der Waals surface area contributed by atoms with Gasteiger partial charge in [-0.2, -0.15) is 0 Å². The highest BCUT2D eigenvalue weighted by Crippen LogP contribution is 2.17. The van der Waals surface area contributed by atoms with Crippen LogP contribution >= 0.6 is 0 Å². The Kier molecular flexibility index (Phi) is 5.24. The molecule has 4 nitrogen and oxygen atoms in total. The third-order valence-corrected chi connectivity index (χ3v) is 2.67. The highest BCUT2D eigenvalue weighted by Gasteiger charge is 2.27. The maximum atomic E-state index is 11.7. The van der Waals surface area contributed by atoms with Gasteiger partial charge in [0.1, 0.15) is 0 Å². The molecule has 0 saturated heterocycles. The number of rotatable bonds is 4. The lowest BCUT2D eigenvalue weighted by Crippen LogP contribution is -2.50. The van der Waals surface area contributed by atoms with Crippen molar-refractivity contribution in [2.45, 2.75) is 39.8 Å². The van der Waals surface area contributed by atoms with Crippen LogP contribution in [-0.2, 0) is 4.79 Å². The zero-order valence-corrected chi connectivity index (χ0v) is 10.8. The monoisotopic (exact) mass is 215 g/mol. The van der Waals surface area contributed by atoms with Crippen molar-refractivity contribution in [1.82, 2.24) is 10.2 Å². The number of nitrogens with one attached hydrogen (secondary N) is 1. The zero-order chi connectivity index (χ0) is 12.2. The Bertz CT molecular complexity index is 208. The van der Waals surface area contributed by atoms with Crippen LogP contribution in [0.25, 0.3) is 0 Å². The number of carbonyl (C=O) groups is 1. The van der Waals surface area contributed by atoms with Crippen molar-refractivity contribution in [3.63, 3.8) is 0 Å². The topological polar surface area (TPSA) is 58.4 Å². The number of nitrogens with two attached hydrogens (primary N) is 1. The summed E-state index contributed by atoms with van der Waals surface area (Å²) in [4.78, 5) is 13.7. The molecule has 90 valence electrons. The standard InChI is InChI=1S/C11H25N3O/c1-8(14(5)6)7-13-10(15)9(12)11(2,3)4/h8-9H,7,12H2,1-6H3,(H,13,15)/t8?,9-/m0/s1. The smallest absolute Gasteiger partial charge is 0.237 e. The van der Waals surface area contributed by atoms with Gasteiger partial charge in [0.25, 0.3) is 0 Å². The molecule has 0 fully saturated rings. The van der Waals surface area contributed by atoms with Crippen LogP contribution < -0.4 is 11.1 Å². The minimum atomic E-state index is -0.452. The summed E-state index contributed by atoms with van der Waals surface area (Å²) >= 11 is 0. The number of amides is 1. The largest absolute Gasteiger partial charge is 0.353 e. The van der Waals surface area contributed by atoms with Gasteiger partial charge in [-0.15, -0.1) is 0 Å². The molecule has 4 heteroatoms. The Morgan fingerprint density at radius 1 is 1.40 bits per heavy atom. The van der Waals surface area contributed by atoms with Crippen LogP contribution in [-0.4, -0.2) is 43.5 Å². The molecule has 0 aromatic carbocycles. The fourth-order valence-electron chi connectivity index (χ4n) is 0.934. The van der Waals surface area contributed by atoms with Gasteiger partial charge in [-0.25, -0.2) is 0 Å². The number of carbonyl (C=O) groups excluding carboxylic acids is 1. The van der Waals surface area contributed by atoms with E-state index in [2.05, 4.69) is 17.1 Å². The fraction of sp³-hybridized carbons (Fsp3) is 0.909. The lowest BCUT2D eigenvalue weighted by Gasteiger charge is -2.27. The summed E-state index contributed by atoms with van der Waals surface area (Å²) in [7, 11) is 3.97. The molecule has 0 aliphatic carbocycles. The summed E-state index contributed by atoms with van der Waals surface area (Å²) < 4.78 is 0. The van der Waals surface area contributed by atoms with Gasteiger partial charge in [0.2, 0.25) is 5.91 Å². The second kappa shape index (κ2) is 5.47. The molecule has 0 rings (SSSR count). The molecule has 0 aromatic rings. The summed E-state index contributed by atoms with van der Waals surface area (Å²) in [6, 6.07) is -0.131. The first-order valence-corrected chi connectivity index (χ1v) is 5.36. The SMILES string of the molecule is CC(CNC(=O)[C@H](N)C(C)(C)C)N(C)C. The molecule has 0 aliphatic heterocycles. The van der Waals surface area contributed by atoms with Crippen molar-refractivity contribution in [1.29, 1.82) is 0 Å². The molecule has 2 atom stereocenters. The van der Waals surface area contributed by atoms with Crippen LogP contribution in [0, 0.1) is 5.41 Å². The van der Waals surface area contributed by atoms with E-state index in [-0.39, 0.29) is 11.3 Å². The molecule has 0 spiro atoms. The maximum Gasteiger partial charge on any atom is 0.237 e. The summed E-state index contributed by atoms with van der Waals surface area (Å²) in [5.74, 6) is -0.0730. The third-order valence-electron chi connectivity index (χ3n) is 2.67. The second-order valence-corrected chi connectivity index (χ2v) is 5.40. The van der Waals surface area contributed by atoms with Gasteiger partial charge in [0.05, 0.1) is 6.04 Å². The van der Waals surface area contributed by atoms with Gasteiger partial charge in [0, 0.05) is 12.6 Å². The molecule has 0 aromatic heterocycles. The van der Waals surface area contributed by atoms with E-state index in [1.54, 1.807) is 0 Å². The van der Waals surface area contributed by atoms with E-state index in [0.29, 0.717) is 12.6 Å². The molecule has 1 amide bonds. The van der Waals surface area contributed by atoms with Crippen molar-refractivity contribution in [3.05, 3.63) is 0 Å². The Morgan fingerprint density at radius 3 is 2.20 bits per heavy atom. The molecule has 1 unspecified atom stereocenters. The van der Waals surface area contributed by atoms with Crippen molar-refractivity contribution in [3.8, 4) is 0 Å². The molecule has 0 saturated carbocycles. The predicted molar refractivity (Wildman–Crippen MR) is 63.6 cm³/mol. The quantitative estimate of drug-likeness (QED) is 0.715. The van der Waals surface area contributed by atoms with E-state index in [0.717, 1.165) is 0 Å². The Balaban J connectivity index is 4.05. The van der Waals surface area contributed by atoms with E-state index < -0.39 is 6.04 Å². The zero-order valence-electron chi connectivity index (χ0n) is 10.8. The average Bonchev–Trinajstić information content (AvgIpc) is 2.10. The summed E-state index contributed by atoms with van der Waals surface area (Å²) in [5.41, 5.74) is 5.64. The number of hydrogen-bond donors (Lipinski definition) is 2. The Morgan fingerprint density at radius 2 is 1.87 bits per heavy atom. The van der Waals surface area contributed by atoms with Crippen molar-refractivity contribution < 1.29 is 4.79 Å². The first kappa shape index (κ1) is 14.4. The van der Waals surface area contributed by atoms with Crippen molar-refractivity contribution >= 4 is 5.91 Å². The van der Waals surface area contributed by atoms with Crippen molar-refractivity contribution in [2.75, 3.05) is 20.6 Å². The van der Waals surface area contributed by atoms with E-state index in [4.69, 9.17) is 5.73 Å². The normalized spacial score (nSPS) is 16.3. The lowest BCUT2D eigenvalue weighted by atomic mass is 9.87. The van der Waals surface area contributed by atoms with Crippen LogP contribution in [0.15, 0.2) is 0 Å². The van der Waals surface area contributed by atoms with Gasteiger partial charge < -0.3 is 16.0 Å². The first-order chi connectivity index (χ1) is 6.66. The van der Waals surface area contributed by atoms with E-state index in [9.17, 15) is 4.79 Å². The molecular weight excluding hydrogens is 190 g/mol. The van der Waals surface area contributed by atoms with Crippen molar-refractivity contribution in [2.24, 2.45) is 11.1 Å². The minimum Gasteiger partial charge on any atom is -0.353 e. The number of hydrogen-bond acceptors (Lipinski definition) is 3. The molecular formula is C11H25N3O. The summed E-state index contributed by atoms with van der Waals surface area (Å²) in [6.07, 6.45) is 0. The van der Waals surface area contributed by atoms with E-state index in [1.165, 1.54) is 0 Å². The lowest BCUT2D eigenvalue weighted by molar-refractivity contribution is -0.124. The Hall–Kier alpha value is -0.610. The summed E-state index contributed by atoms with van der Waals surface area (Å²) in [5, 5.41) is 2.86. The van der Waals surface area contributed by atoms with Crippen LogP contribution in [0.2, 0.25) is 0 Å². The average molecular weight is 215 g/mol. The van der Waals surface area contributed by atoms with Gasteiger partial charge in [0.15, 0.2) is 0 Å². The van der Waals surface area contributed by atoms with E-state index >= 15 is 0 Å². The molecule has 0 heterocycles. The van der Waals surface area contributed by atoms with E-state index in [1.807, 2.05) is 34.9 Å². The number of nitrogens with zero attached hydrogens (tertiary/aromatic N) is 1. The Labute approximate surface area is 93.2 Å². The third kappa shape index (κ3) is 5.14. The minimum absolute atomic E-state index is 0.0730. The van der Waals surface area contributed by atoms with Gasteiger partial charge in [-0.1, -0.05) is 20.8 Å². The highest BCUT2D eigenvalue weighted by molar-refractivity contribution is 5.82. The predicted octanol–water partition coefficient (Wildman–Crippen LogP) is 0.426. The van der Waals surface area contributed by atoms with Gasteiger partial charge >= 0.3 is 0 Å². The number of likely N-dealkylation sites (N-methyl/N-ethyl adjacent to an activating group) is 1. The summed E-state index contributed by atoms with van der Waals surface area (Å²) in [6.45, 7) is 8.59. The highest BCUT2D eigenvalue weighted by atomic mass is 16.2. The van der Waals surface area contributed by atoms with Crippen LogP contribution in [0.3, 0.4) is 0 Å². The molecule has 0 bridgehead atoms. The first-order valence-electron chi connectivity index (χ1n) is 5.36. The van der Waals surface area contributed by atoms with Gasteiger partial charge in [-0.3, -0.25) is 4.79 Å². The fourth-order valence-corrected chi connectivity index (χ4v) is 0.934. The molecule has 0 radical (unpaired) electrons. The molecule has 15 heavy (non-hydrogen) atoms. The van der Waals surface area contributed by atoms with Gasteiger partial charge in [-0.05, 0) is 26.4 Å².